The third-order valence-electron chi connectivity index (χ3n) is 4.54. The highest BCUT2D eigenvalue weighted by Gasteiger charge is 2.25. The molecule has 1 unspecified atom stereocenters. The molecule has 5 heteroatoms. The van der Waals surface area contributed by atoms with E-state index in [0.717, 1.165) is 50.3 Å². The monoisotopic (exact) mass is 323 g/mol. The molecule has 2 aliphatic heterocycles. The van der Waals surface area contributed by atoms with Crippen molar-refractivity contribution < 1.29 is 14.3 Å². The zero-order chi connectivity index (χ0) is 15.5. The molecular formula is C17H22ClNO3. The number of carbonyl (C=O) groups excluding carboxylic acids is 1. The molecule has 0 spiro atoms. The molecule has 0 aromatic heterocycles. The van der Waals surface area contributed by atoms with Crippen LogP contribution in [0, 0.1) is 5.92 Å². The maximum atomic E-state index is 11.9. The number of hydrogen-bond acceptors (Lipinski definition) is 3. The maximum absolute atomic E-state index is 11.9. The summed E-state index contributed by atoms with van der Waals surface area (Å²) >= 11 is 5.87. The zero-order valence-electron chi connectivity index (χ0n) is 12.9. The van der Waals surface area contributed by atoms with Gasteiger partial charge >= 0.3 is 0 Å². The van der Waals surface area contributed by atoms with Crippen molar-refractivity contribution in [3.05, 3.63) is 23.8 Å². The van der Waals surface area contributed by atoms with E-state index in [0.29, 0.717) is 12.7 Å². The van der Waals surface area contributed by atoms with E-state index < -0.39 is 5.38 Å². The Labute approximate surface area is 136 Å². The van der Waals surface area contributed by atoms with Gasteiger partial charge in [0.05, 0.1) is 0 Å². The minimum absolute atomic E-state index is 0.0656. The van der Waals surface area contributed by atoms with Crippen LogP contribution in [0.5, 0.6) is 11.5 Å². The molecule has 120 valence electrons. The number of carbonyl (C=O) groups is 1. The van der Waals surface area contributed by atoms with Gasteiger partial charge in [-0.3, -0.25) is 4.79 Å². The Morgan fingerprint density at radius 3 is 2.77 bits per heavy atom. The van der Waals surface area contributed by atoms with Gasteiger partial charge in [0, 0.05) is 13.1 Å². The van der Waals surface area contributed by atoms with Gasteiger partial charge in [0.1, 0.15) is 5.38 Å². The summed E-state index contributed by atoms with van der Waals surface area (Å²) in [6, 6.07) is 6.18. The maximum Gasteiger partial charge on any atom is 0.240 e. The normalized spacial score (nSPS) is 19.3. The second kappa shape index (κ2) is 6.78. The Morgan fingerprint density at radius 2 is 2.05 bits per heavy atom. The average Bonchev–Trinajstić information content (AvgIpc) is 3.00. The minimum atomic E-state index is -0.412. The predicted octanol–water partition coefficient (Wildman–Crippen LogP) is 3.21. The van der Waals surface area contributed by atoms with Crippen molar-refractivity contribution in [1.29, 1.82) is 0 Å². The molecular weight excluding hydrogens is 302 g/mol. The van der Waals surface area contributed by atoms with Crippen molar-refractivity contribution in [1.82, 2.24) is 4.90 Å². The first-order chi connectivity index (χ1) is 10.6. The molecule has 1 aromatic carbocycles. The van der Waals surface area contributed by atoms with Crippen LogP contribution in [-0.2, 0) is 11.2 Å². The van der Waals surface area contributed by atoms with Gasteiger partial charge in [-0.1, -0.05) is 6.07 Å². The predicted molar refractivity (Wildman–Crippen MR) is 85.5 cm³/mol. The molecule has 4 nitrogen and oxygen atoms in total. The average molecular weight is 324 g/mol. The Balaban J connectivity index is 1.46. The summed E-state index contributed by atoms with van der Waals surface area (Å²) in [5.41, 5.74) is 1.29. The van der Waals surface area contributed by atoms with Crippen molar-refractivity contribution in [3.8, 4) is 11.5 Å². The molecule has 0 radical (unpaired) electrons. The van der Waals surface area contributed by atoms with Crippen LogP contribution >= 0.6 is 11.6 Å². The smallest absolute Gasteiger partial charge is 0.240 e. The number of halogens is 1. The highest BCUT2D eigenvalue weighted by molar-refractivity contribution is 6.30. The second-order valence-electron chi connectivity index (χ2n) is 6.11. The van der Waals surface area contributed by atoms with E-state index in [9.17, 15) is 4.79 Å². The van der Waals surface area contributed by atoms with E-state index >= 15 is 0 Å². The first-order valence-corrected chi connectivity index (χ1v) is 8.38. The van der Waals surface area contributed by atoms with Crippen LogP contribution in [-0.4, -0.2) is 36.1 Å². The fraction of sp³-hybridized carbons (Fsp3) is 0.588. The fourth-order valence-electron chi connectivity index (χ4n) is 3.16. The number of benzene rings is 1. The molecule has 2 aliphatic rings. The topological polar surface area (TPSA) is 38.8 Å². The summed E-state index contributed by atoms with van der Waals surface area (Å²) in [6.45, 7) is 3.74. The molecule has 0 bridgehead atoms. The lowest BCUT2D eigenvalue weighted by Crippen LogP contribution is -2.41. The number of alkyl halides is 1. The molecule has 2 heterocycles. The summed E-state index contributed by atoms with van der Waals surface area (Å²) in [7, 11) is 0. The van der Waals surface area contributed by atoms with Crippen LogP contribution in [0.25, 0.3) is 0 Å². The van der Waals surface area contributed by atoms with Crippen molar-refractivity contribution in [2.75, 3.05) is 19.9 Å². The number of ether oxygens (including phenoxy) is 2. The van der Waals surface area contributed by atoms with Crippen LogP contribution in [0.1, 0.15) is 31.7 Å². The molecule has 3 rings (SSSR count). The van der Waals surface area contributed by atoms with E-state index in [4.69, 9.17) is 21.1 Å². The molecule has 1 atom stereocenters. The van der Waals surface area contributed by atoms with Gasteiger partial charge in [-0.15, -0.1) is 11.6 Å². The number of rotatable bonds is 4. The van der Waals surface area contributed by atoms with E-state index in [1.165, 1.54) is 5.56 Å². The molecule has 0 aliphatic carbocycles. The number of fused-ring (bicyclic) bond motifs is 1. The van der Waals surface area contributed by atoms with Crippen molar-refractivity contribution in [3.63, 3.8) is 0 Å². The largest absolute Gasteiger partial charge is 0.454 e. The van der Waals surface area contributed by atoms with Crippen molar-refractivity contribution in [2.45, 2.75) is 38.0 Å². The molecule has 1 aromatic rings. The molecule has 1 amide bonds. The van der Waals surface area contributed by atoms with Gasteiger partial charge in [-0.05, 0) is 56.2 Å². The number of piperidine rings is 1. The van der Waals surface area contributed by atoms with Crippen LogP contribution in [0.15, 0.2) is 18.2 Å². The molecule has 1 saturated heterocycles. The second-order valence-corrected chi connectivity index (χ2v) is 6.77. The molecule has 22 heavy (non-hydrogen) atoms. The van der Waals surface area contributed by atoms with Crippen LogP contribution < -0.4 is 9.47 Å². The van der Waals surface area contributed by atoms with Gasteiger partial charge in [-0.25, -0.2) is 0 Å². The zero-order valence-corrected chi connectivity index (χ0v) is 13.6. The van der Waals surface area contributed by atoms with Gasteiger partial charge in [0.15, 0.2) is 11.5 Å². The third-order valence-corrected chi connectivity index (χ3v) is 4.73. The van der Waals surface area contributed by atoms with Crippen LogP contribution in [0.4, 0.5) is 0 Å². The third kappa shape index (κ3) is 3.49. The van der Waals surface area contributed by atoms with E-state index in [1.807, 2.05) is 11.0 Å². The number of amides is 1. The van der Waals surface area contributed by atoms with E-state index in [2.05, 4.69) is 12.1 Å². The SMILES string of the molecule is CC(Cl)C(=O)N1CCC(CCc2ccc3c(c2)OCO3)CC1. The van der Waals surface area contributed by atoms with Crippen LogP contribution in [0.3, 0.4) is 0 Å². The quantitative estimate of drug-likeness (QED) is 0.799. The van der Waals surface area contributed by atoms with E-state index in [1.54, 1.807) is 6.92 Å². The Morgan fingerprint density at radius 1 is 1.32 bits per heavy atom. The standard InChI is InChI=1S/C17H22ClNO3/c1-12(18)17(20)19-8-6-13(7-9-19)2-3-14-4-5-15-16(10-14)22-11-21-15/h4-5,10,12-13H,2-3,6-9,11H2,1H3. The first kappa shape index (κ1) is 15.5. The summed E-state index contributed by atoms with van der Waals surface area (Å²) in [6.07, 6.45) is 4.33. The number of nitrogens with zero attached hydrogens (tertiary/aromatic N) is 1. The molecule has 0 saturated carbocycles. The molecule has 1 fully saturated rings. The first-order valence-electron chi connectivity index (χ1n) is 7.95. The minimum Gasteiger partial charge on any atom is -0.454 e. The van der Waals surface area contributed by atoms with Crippen molar-refractivity contribution >= 4 is 17.5 Å². The van der Waals surface area contributed by atoms with Crippen LogP contribution in [0.2, 0.25) is 0 Å². The van der Waals surface area contributed by atoms with E-state index in [-0.39, 0.29) is 5.91 Å². The Kier molecular flexibility index (Phi) is 4.77. The fourth-order valence-corrected chi connectivity index (χ4v) is 3.30. The lowest BCUT2D eigenvalue weighted by molar-refractivity contribution is -0.131. The highest BCUT2D eigenvalue weighted by atomic mass is 35.5. The van der Waals surface area contributed by atoms with Gasteiger partial charge < -0.3 is 14.4 Å². The summed E-state index contributed by atoms with van der Waals surface area (Å²) in [5.74, 6) is 2.44. The lowest BCUT2D eigenvalue weighted by Gasteiger charge is -2.32. The number of aryl methyl sites for hydroxylation is 1. The van der Waals surface area contributed by atoms with Gasteiger partial charge in [-0.2, -0.15) is 0 Å². The Bertz CT molecular complexity index is 539. The van der Waals surface area contributed by atoms with Gasteiger partial charge in [0.25, 0.3) is 0 Å². The number of likely N-dealkylation sites (tertiary alicyclic amines) is 1. The highest BCUT2D eigenvalue weighted by Crippen LogP contribution is 2.33. The lowest BCUT2D eigenvalue weighted by atomic mass is 9.90. The number of hydrogen-bond donors (Lipinski definition) is 0. The van der Waals surface area contributed by atoms with Gasteiger partial charge in [0.2, 0.25) is 12.7 Å². The summed E-state index contributed by atoms with van der Waals surface area (Å²) in [4.78, 5) is 13.8. The summed E-state index contributed by atoms with van der Waals surface area (Å²) < 4.78 is 10.7. The Hall–Kier alpha value is -1.42. The summed E-state index contributed by atoms with van der Waals surface area (Å²) in [5, 5.41) is -0.412. The van der Waals surface area contributed by atoms with Crippen molar-refractivity contribution in [2.24, 2.45) is 5.92 Å². The molecule has 0 N–H and O–H groups in total.